The Bertz CT molecular complexity index is 421. The molecule has 3 heteroatoms. The van der Waals surface area contributed by atoms with Gasteiger partial charge in [-0.05, 0) is 56.9 Å². The maximum Gasteiger partial charge on any atom is 0.122 e. The third-order valence-corrected chi connectivity index (χ3v) is 4.66. The zero-order valence-corrected chi connectivity index (χ0v) is 13.2. The van der Waals surface area contributed by atoms with Gasteiger partial charge in [0.1, 0.15) is 5.75 Å². The number of nitrogens with zero attached hydrogens (tertiary/aromatic N) is 1. The first-order valence-electron chi connectivity index (χ1n) is 7.64. The molecule has 1 N–H and O–H groups in total. The predicted octanol–water partition coefficient (Wildman–Crippen LogP) is 2.41. The third-order valence-electron chi connectivity index (χ3n) is 4.66. The number of hydrogen-bond donors (Lipinski definition) is 1. The van der Waals surface area contributed by atoms with Crippen LogP contribution in [0.25, 0.3) is 0 Å². The second kappa shape index (κ2) is 7.09. The lowest BCUT2D eigenvalue weighted by atomic mass is 9.96. The van der Waals surface area contributed by atoms with E-state index in [0.717, 1.165) is 30.6 Å². The van der Waals surface area contributed by atoms with E-state index in [1.807, 2.05) is 12.1 Å². The minimum atomic E-state index is 0.527. The van der Waals surface area contributed by atoms with E-state index in [0.29, 0.717) is 6.04 Å². The molecule has 0 saturated carbocycles. The molecule has 1 heterocycles. The van der Waals surface area contributed by atoms with E-state index in [-0.39, 0.29) is 0 Å². The summed E-state index contributed by atoms with van der Waals surface area (Å²) < 4.78 is 5.45. The van der Waals surface area contributed by atoms with Gasteiger partial charge in [-0.25, -0.2) is 0 Å². The molecule has 0 amide bonds. The minimum Gasteiger partial charge on any atom is -0.496 e. The van der Waals surface area contributed by atoms with Gasteiger partial charge in [-0.2, -0.15) is 0 Å². The largest absolute Gasteiger partial charge is 0.496 e. The van der Waals surface area contributed by atoms with Crippen LogP contribution in [0.5, 0.6) is 5.75 Å². The first-order chi connectivity index (χ1) is 9.61. The second-order valence-electron chi connectivity index (χ2n) is 6.20. The van der Waals surface area contributed by atoms with Crippen LogP contribution in [0, 0.1) is 11.8 Å². The Balaban J connectivity index is 1.91. The van der Waals surface area contributed by atoms with Crippen LogP contribution < -0.4 is 10.1 Å². The molecule has 112 valence electrons. The maximum absolute atomic E-state index is 5.45. The van der Waals surface area contributed by atoms with Crippen LogP contribution in [0.4, 0.5) is 0 Å². The third kappa shape index (κ3) is 3.74. The van der Waals surface area contributed by atoms with Gasteiger partial charge in [0, 0.05) is 12.6 Å². The molecule has 1 fully saturated rings. The second-order valence-corrected chi connectivity index (χ2v) is 6.20. The van der Waals surface area contributed by atoms with Crippen molar-refractivity contribution in [1.29, 1.82) is 0 Å². The Hall–Kier alpha value is -1.06. The van der Waals surface area contributed by atoms with Crippen LogP contribution >= 0.6 is 0 Å². The zero-order valence-electron chi connectivity index (χ0n) is 13.2. The molecule has 0 spiro atoms. The van der Waals surface area contributed by atoms with Gasteiger partial charge in [0.15, 0.2) is 0 Å². The van der Waals surface area contributed by atoms with Crippen molar-refractivity contribution < 1.29 is 4.74 Å². The Kier molecular flexibility index (Phi) is 5.44. The van der Waals surface area contributed by atoms with E-state index in [4.69, 9.17) is 4.74 Å². The molecule has 0 bridgehead atoms. The smallest absolute Gasteiger partial charge is 0.122 e. The molecule has 0 aliphatic carbocycles. The molecule has 3 nitrogen and oxygen atoms in total. The molecule has 3 atom stereocenters. The van der Waals surface area contributed by atoms with E-state index in [2.05, 4.69) is 43.2 Å². The van der Waals surface area contributed by atoms with Crippen LogP contribution in [0.1, 0.15) is 19.4 Å². The highest BCUT2D eigenvalue weighted by molar-refractivity contribution is 5.33. The lowest BCUT2D eigenvalue weighted by Gasteiger charge is -2.29. The van der Waals surface area contributed by atoms with Crippen LogP contribution in [-0.4, -0.2) is 44.7 Å². The molecule has 3 unspecified atom stereocenters. The molecule has 1 aromatic carbocycles. The summed E-state index contributed by atoms with van der Waals surface area (Å²) in [5.41, 5.74) is 1.30. The van der Waals surface area contributed by atoms with Crippen molar-refractivity contribution in [3.63, 3.8) is 0 Å². The van der Waals surface area contributed by atoms with Crippen LogP contribution in [-0.2, 0) is 6.42 Å². The van der Waals surface area contributed by atoms with Crippen molar-refractivity contribution in [3.05, 3.63) is 29.8 Å². The Labute approximate surface area is 123 Å². The van der Waals surface area contributed by atoms with Gasteiger partial charge < -0.3 is 15.0 Å². The summed E-state index contributed by atoms with van der Waals surface area (Å²) >= 11 is 0. The lowest BCUT2D eigenvalue weighted by Crippen LogP contribution is -2.37. The number of rotatable bonds is 6. The number of nitrogens with one attached hydrogen (secondary N) is 1. The summed E-state index contributed by atoms with van der Waals surface area (Å²) in [6, 6.07) is 8.86. The molecule has 0 radical (unpaired) electrons. The minimum absolute atomic E-state index is 0.527. The number of hydrogen-bond acceptors (Lipinski definition) is 3. The zero-order chi connectivity index (χ0) is 14.5. The van der Waals surface area contributed by atoms with Crippen molar-refractivity contribution in [3.8, 4) is 5.75 Å². The van der Waals surface area contributed by atoms with Crippen molar-refractivity contribution >= 4 is 0 Å². The fraction of sp³-hybridized carbons (Fsp3) is 0.647. The SMILES string of the molecule is COc1ccccc1CC(C)N(C)CC1CNCC1C. The number of benzene rings is 1. The Morgan fingerprint density at radius 2 is 2.10 bits per heavy atom. The van der Waals surface area contributed by atoms with Gasteiger partial charge in [-0.15, -0.1) is 0 Å². The summed E-state index contributed by atoms with van der Waals surface area (Å²) in [5.74, 6) is 2.57. The monoisotopic (exact) mass is 276 g/mol. The topological polar surface area (TPSA) is 24.5 Å². The summed E-state index contributed by atoms with van der Waals surface area (Å²) in [5, 5.41) is 3.49. The first-order valence-corrected chi connectivity index (χ1v) is 7.64. The van der Waals surface area contributed by atoms with Gasteiger partial charge in [0.25, 0.3) is 0 Å². The van der Waals surface area contributed by atoms with E-state index in [1.165, 1.54) is 18.7 Å². The summed E-state index contributed by atoms with van der Waals surface area (Å²) in [4.78, 5) is 2.49. The number of likely N-dealkylation sites (N-methyl/N-ethyl adjacent to an activating group) is 1. The van der Waals surface area contributed by atoms with Gasteiger partial charge in [-0.3, -0.25) is 0 Å². The van der Waals surface area contributed by atoms with Crippen LogP contribution in [0.2, 0.25) is 0 Å². The normalized spacial score (nSPS) is 24.1. The number of para-hydroxylation sites is 1. The molecular weight excluding hydrogens is 248 g/mol. The van der Waals surface area contributed by atoms with Gasteiger partial charge in [-0.1, -0.05) is 25.1 Å². The number of ether oxygens (including phenoxy) is 1. The fourth-order valence-corrected chi connectivity index (χ4v) is 3.00. The standard InChI is InChI=1S/C17H28N2O/c1-13-10-18-11-16(13)12-19(3)14(2)9-15-7-5-6-8-17(15)20-4/h5-8,13-14,16,18H,9-12H2,1-4H3. The van der Waals surface area contributed by atoms with Crippen LogP contribution in [0.15, 0.2) is 24.3 Å². The molecule has 1 aliphatic rings. The van der Waals surface area contributed by atoms with Crippen molar-refractivity contribution in [1.82, 2.24) is 10.2 Å². The number of methoxy groups -OCH3 is 1. The molecule has 1 aromatic rings. The molecule has 1 saturated heterocycles. The van der Waals surface area contributed by atoms with Crippen molar-refractivity contribution in [2.24, 2.45) is 11.8 Å². The highest BCUT2D eigenvalue weighted by atomic mass is 16.5. The Morgan fingerprint density at radius 1 is 1.35 bits per heavy atom. The average molecular weight is 276 g/mol. The molecular formula is C17H28N2O. The van der Waals surface area contributed by atoms with E-state index < -0.39 is 0 Å². The predicted molar refractivity (Wildman–Crippen MR) is 84.3 cm³/mol. The van der Waals surface area contributed by atoms with E-state index in [1.54, 1.807) is 7.11 Å². The van der Waals surface area contributed by atoms with Crippen LogP contribution in [0.3, 0.4) is 0 Å². The lowest BCUT2D eigenvalue weighted by molar-refractivity contribution is 0.205. The van der Waals surface area contributed by atoms with E-state index in [9.17, 15) is 0 Å². The maximum atomic E-state index is 5.45. The first kappa shape index (κ1) is 15.3. The van der Waals surface area contributed by atoms with Crippen molar-refractivity contribution in [2.75, 3.05) is 33.8 Å². The molecule has 1 aliphatic heterocycles. The fourth-order valence-electron chi connectivity index (χ4n) is 3.00. The average Bonchev–Trinajstić information content (AvgIpc) is 2.84. The van der Waals surface area contributed by atoms with Gasteiger partial charge >= 0.3 is 0 Å². The summed E-state index contributed by atoms with van der Waals surface area (Å²) in [6.45, 7) is 8.15. The summed E-state index contributed by atoms with van der Waals surface area (Å²) in [6.07, 6.45) is 1.04. The van der Waals surface area contributed by atoms with E-state index >= 15 is 0 Å². The van der Waals surface area contributed by atoms with Gasteiger partial charge in [0.05, 0.1) is 7.11 Å². The van der Waals surface area contributed by atoms with Gasteiger partial charge in [0.2, 0.25) is 0 Å². The highest BCUT2D eigenvalue weighted by Crippen LogP contribution is 2.22. The highest BCUT2D eigenvalue weighted by Gasteiger charge is 2.25. The molecule has 20 heavy (non-hydrogen) atoms. The molecule has 2 rings (SSSR count). The summed E-state index contributed by atoms with van der Waals surface area (Å²) in [7, 11) is 3.99. The van der Waals surface area contributed by atoms with Crippen molar-refractivity contribution in [2.45, 2.75) is 26.3 Å². The Morgan fingerprint density at radius 3 is 2.75 bits per heavy atom. The quantitative estimate of drug-likeness (QED) is 0.863. The molecule has 0 aromatic heterocycles.